The summed E-state index contributed by atoms with van der Waals surface area (Å²) in [5, 5.41) is 13.0. The molecule has 4 aromatic heterocycles. The Morgan fingerprint density at radius 1 is 1.28 bits per heavy atom. The smallest absolute Gasteiger partial charge is 0.387 e. The van der Waals surface area contributed by atoms with Gasteiger partial charge in [0, 0.05) is 31.0 Å². The summed E-state index contributed by atoms with van der Waals surface area (Å²) in [6, 6.07) is 7.69. The summed E-state index contributed by atoms with van der Waals surface area (Å²) in [7, 11) is 0. The molecule has 0 spiro atoms. The number of hydrogen-bond acceptors (Lipinski definition) is 9. The molecule has 14 heteroatoms. The molecule has 200 valence electrons. The topological polar surface area (TPSA) is 152 Å². The maximum atomic E-state index is 13.2. The number of ether oxygens (including phenoxy) is 1. The number of alkyl halides is 2. The van der Waals surface area contributed by atoms with E-state index in [2.05, 4.69) is 46.9 Å². The molecule has 1 aliphatic heterocycles. The third-order valence-electron chi connectivity index (χ3n) is 6.02. The number of pyridine rings is 2. The van der Waals surface area contributed by atoms with Crippen LogP contribution in [0.5, 0.6) is 5.75 Å². The molecule has 1 saturated heterocycles. The van der Waals surface area contributed by atoms with Crippen LogP contribution in [-0.2, 0) is 4.79 Å². The highest BCUT2D eigenvalue weighted by Crippen LogP contribution is 2.31. The molecule has 0 radical (unpaired) electrons. The maximum Gasteiger partial charge on any atom is 0.387 e. The van der Waals surface area contributed by atoms with Crippen molar-refractivity contribution in [1.82, 2.24) is 35.2 Å². The van der Waals surface area contributed by atoms with Crippen LogP contribution in [0.4, 0.5) is 14.6 Å². The van der Waals surface area contributed by atoms with Crippen LogP contribution in [0.2, 0.25) is 0 Å². The van der Waals surface area contributed by atoms with Crippen LogP contribution >= 0.6 is 0 Å². The highest BCUT2D eigenvalue weighted by molar-refractivity contribution is 6.03. The van der Waals surface area contributed by atoms with Gasteiger partial charge in [0.2, 0.25) is 17.6 Å². The number of aromatic amines is 1. The highest BCUT2D eigenvalue weighted by Gasteiger charge is 2.28. The van der Waals surface area contributed by atoms with Gasteiger partial charge in [-0.3, -0.25) is 14.7 Å². The standard InChI is InChI=1S/C25H22F2N8O4/c1-2-20(36)35-10-4-5-14(13-35)24-32-21(34-39-24)15-11-19(38-25(26)27)22(28-12-15)31-23(37)18-7-3-6-16(30-18)17-8-9-29-33-17/h2-3,6-9,11-12,14,25H,1,4-5,10,13H2,(H,29,33)(H,28,31,37). The van der Waals surface area contributed by atoms with Gasteiger partial charge in [-0.15, -0.1) is 0 Å². The van der Waals surface area contributed by atoms with Gasteiger partial charge in [0.25, 0.3) is 5.91 Å². The third kappa shape index (κ3) is 5.79. The summed E-state index contributed by atoms with van der Waals surface area (Å²) in [6.45, 7) is 1.33. The van der Waals surface area contributed by atoms with E-state index in [4.69, 9.17) is 4.52 Å². The molecule has 5 heterocycles. The molecule has 4 aromatic rings. The number of carbonyl (C=O) groups is 2. The van der Waals surface area contributed by atoms with Crippen molar-refractivity contribution in [2.45, 2.75) is 25.4 Å². The number of anilines is 1. The first-order valence-corrected chi connectivity index (χ1v) is 11.9. The van der Waals surface area contributed by atoms with Crippen LogP contribution in [0.3, 0.4) is 0 Å². The van der Waals surface area contributed by atoms with E-state index in [1.807, 2.05) is 0 Å². The molecular weight excluding hydrogens is 514 g/mol. The molecule has 0 bridgehead atoms. The average molecular weight is 536 g/mol. The van der Waals surface area contributed by atoms with Crippen molar-refractivity contribution in [1.29, 1.82) is 0 Å². The molecule has 0 aliphatic carbocycles. The Morgan fingerprint density at radius 3 is 2.92 bits per heavy atom. The summed E-state index contributed by atoms with van der Waals surface area (Å²) < 4.78 is 36.4. The Kier molecular flexibility index (Phi) is 7.34. The van der Waals surface area contributed by atoms with Crippen molar-refractivity contribution >= 4 is 17.6 Å². The van der Waals surface area contributed by atoms with E-state index in [9.17, 15) is 18.4 Å². The molecule has 1 atom stereocenters. The zero-order chi connectivity index (χ0) is 27.4. The van der Waals surface area contributed by atoms with Gasteiger partial charge in [-0.25, -0.2) is 9.97 Å². The summed E-state index contributed by atoms with van der Waals surface area (Å²) >= 11 is 0. The second-order valence-corrected chi connectivity index (χ2v) is 8.57. The van der Waals surface area contributed by atoms with Crippen LogP contribution in [-0.4, -0.2) is 66.7 Å². The Balaban J connectivity index is 1.36. The van der Waals surface area contributed by atoms with Gasteiger partial charge in [0.05, 0.1) is 17.3 Å². The van der Waals surface area contributed by atoms with Gasteiger partial charge >= 0.3 is 6.61 Å². The fourth-order valence-corrected chi connectivity index (χ4v) is 4.15. The minimum Gasteiger partial charge on any atom is -0.431 e. The number of nitrogens with zero attached hydrogens (tertiary/aromatic N) is 6. The van der Waals surface area contributed by atoms with Gasteiger partial charge < -0.3 is 19.5 Å². The van der Waals surface area contributed by atoms with Crippen molar-refractivity contribution in [2.24, 2.45) is 0 Å². The average Bonchev–Trinajstić information content (AvgIpc) is 3.67. The second kappa shape index (κ2) is 11.2. The summed E-state index contributed by atoms with van der Waals surface area (Å²) in [6.07, 6.45) is 5.59. The second-order valence-electron chi connectivity index (χ2n) is 8.57. The number of hydrogen-bond donors (Lipinski definition) is 2. The summed E-state index contributed by atoms with van der Waals surface area (Å²) in [5.41, 5.74) is 1.32. The van der Waals surface area contributed by atoms with Gasteiger partial charge in [-0.2, -0.15) is 18.9 Å². The summed E-state index contributed by atoms with van der Waals surface area (Å²) in [5.74, 6) is -1.29. The monoisotopic (exact) mass is 536 g/mol. The van der Waals surface area contributed by atoms with Crippen LogP contribution in [0.15, 0.2) is 59.9 Å². The predicted octanol–water partition coefficient (Wildman–Crippen LogP) is 3.66. The van der Waals surface area contributed by atoms with E-state index in [0.29, 0.717) is 30.4 Å². The molecule has 2 amide bonds. The lowest BCUT2D eigenvalue weighted by Crippen LogP contribution is -2.38. The molecule has 2 N–H and O–H groups in total. The van der Waals surface area contributed by atoms with Gasteiger partial charge in [0.15, 0.2) is 11.6 Å². The van der Waals surface area contributed by atoms with Crippen molar-refractivity contribution in [3.8, 4) is 28.5 Å². The first-order valence-electron chi connectivity index (χ1n) is 11.9. The quantitative estimate of drug-likeness (QED) is 0.321. The Labute approximate surface area is 220 Å². The maximum absolute atomic E-state index is 13.2. The molecule has 0 saturated carbocycles. The first-order chi connectivity index (χ1) is 18.9. The van der Waals surface area contributed by atoms with E-state index in [1.165, 1.54) is 24.4 Å². The zero-order valence-electron chi connectivity index (χ0n) is 20.4. The Hall–Kier alpha value is -5.01. The fraction of sp³-hybridized carbons (Fsp3) is 0.240. The minimum absolute atomic E-state index is 0.0234. The zero-order valence-corrected chi connectivity index (χ0v) is 20.4. The third-order valence-corrected chi connectivity index (χ3v) is 6.02. The Bertz CT molecular complexity index is 1490. The number of amides is 2. The van der Waals surface area contributed by atoms with E-state index in [0.717, 1.165) is 12.8 Å². The van der Waals surface area contributed by atoms with Crippen molar-refractivity contribution < 1.29 is 27.6 Å². The van der Waals surface area contributed by atoms with Crippen molar-refractivity contribution in [3.05, 3.63) is 67.0 Å². The van der Waals surface area contributed by atoms with Crippen LogP contribution in [0, 0.1) is 0 Å². The van der Waals surface area contributed by atoms with Crippen molar-refractivity contribution in [3.63, 3.8) is 0 Å². The molecular formula is C25H22F2N8O4. The molecule has 5 rings (SSSR count). The van der Waals surface area contributed by atoms with Gasteiger partial charge in [-0.1, -0.05) is 17.8 Å². The van der Waals surface area contributed by atoms with Crippen LogP contribution < -0.4 is 10.1 Å². The van der Waals surface area contributed by atoms with Gasteiger partial charge in [0.1, 0.15) is 5.69 Å². The predicted molar refractivity (Wildman–Crippen MR) is 133 cm³/mol. The lowest BCUT2D eigenvalue weighted by atomic mass is 9.98. The van der Waals surface area contributed by atoms with E-state index < -0.39 is 18.3 Å². The number of piperidine rings is 1. The molecule has 1 fully saturated rings. The van der Waals surface area contributed by atoms with E-state index in [-0.39, 0.29) is 34.7 Å². The normalized spacial score (nSPS) is 15.3. The number of carbonyl (C=O) groups excluding carboxylic acids is 2. The number of rotatable bonds is 8. The number of nitrogens with one attached hydrogen (secondary N) is 2. The highest BCUT2D eigenvalue weighted by atomic mass is 19.3. The number of likely N-dealkylation sites (tertiary alicyclic amines) is 1. The van der Waals surface area contributed by atoms with E-state index in [1.54, 1.807) is 29.3 Å². The largest absolute Gasteiger partial charge is 0.431 e. The van der Waals surface area contributed by atoms with Gasteiger partial charge in [-0.05, 0) is 43.2 Å². The van der Waals surface area contributed by atoms with Crippen LogP contribution in [0.25, 0.3) is 22.8 Å². The molecule has 12 nitrogen and oxygen atoms in total. The SMILES string of the molecule is C=CC(=O)N1CCCC(c2nc(-c3cnc(NC(=O)c4cccc(-c5ccn[nH]5)n4)c(OC(F)F)c3)no2)C1. The van der Waals surface area contributed by atoms with Crippen LogP contribution in [0.1, 0.15) is 35.1 Å². The molecule has 1 unspecified atom stereocenters. The lowest BCUT2D eigenvalue weighted by Gasteiger charge is -2.30. The summed E-state index contributed by atoms with van der Waals surface area (Å²) in [4.78, 5) is 39.2. The minimum atomic E-state index is -3.18. The number of halogens is 2. The number of H-pyrrole nitrogens is 1. The van der Waals surface area contributed by atoms with Crippen molar-refractivity contribution in [2.75, 3.05) is 18.4 Å². The number of aromatic nitrogens is 6. The molecule has 1 aliphatic rings. The lowest BCUT2D eigenvalue weighted by molar-refractivity contribution is -0.127. The molecule has 0 aromatic carbocycles. The fourth-order valence-electron chi connectivity index (χ4n) is 4.15. The van der Waals surface area contributed by atoms with E-state index >= 15 is 0 Å². The molecule has 39 heavy (non-hydrogen) atoms. The first kappa shape index (κ1) is 25.6. The Morgan fingerprint density at radius 2 is 2.15 bits per heavy atom.